The van der Waals surface area contributed by atoms with E-state index in [0.29, 0.717) is 11.6 Å². The molecule has 2 unspecified atom stereocenters. The number of halogens is 1. The number of carbonyl (C=O) groups is 1. The summed E-state index contributed by atoms with van der Waals surface area (Å²) in [6.07, 6.45) is 1.71. The van der Waals surface area contributed by atoms with Crippen molar-refractivity contribution in [3.8, 4) is 5.75 Å². The third-order valence-corrected chi connectivity index (χ3v) is 5.98. The highest BCUT2D eigenvalue weighted by molar-refractivity contribution is 7.89. The van der Waals surface area contributed by atoms with Crippen molar-refractivity contribution >= 4 is 28.3 Å². The van der Waals surface area contributed by atoms with Crippen LogP contribution >= 0.6 is 12.4 Å². The molecule has 0 aromatic heterocycles. The lowest BCUT2D eigenvalue weighted by molar-refractivity contribution is 0.0925. The number of sulfonamides is 1. The molecule has 25 heavy (non-hydrogen) atoms. The van der Waals surface area contributed by atoms with Crippen LogP contribution in [0.3, 0.4) is 0 Å². The lowest BCUT2D eigenvalue weighted by atomic mass is 10.0. The molecule has 0 spiro atoms. The Hall–Kier alpha value is -1.35. The van der Waals surface area contributed by atoms with Crippen molar-refractivity contribution in [2.24, 2.45) is 0 Å². The third kappa shape index (κ3) is 5.07. The maximum Gasteiger partial charge on any atom is 0.251 e. The van der Waals surface area contributed by atoms with Crippen LogP contribution in [0.2, 0.25) is 0 Å². The number of hydrogen-bond donors (Lipinski definition) is 2. The fourth-order valence-corrected chi connectivity index (χ4v) is 3.82. The van der Waals surface area contributed by atoms with Gasteiger partial charge in [-0.15, -0.1) is 12.4 Å². The maximum atomic E-state index is 12.5. The topological polar surface area (TPSA) is 87.7 Å². The molecule has 0 saturated carbocycles. The predicted octanol–water partition coefficient (Wildman–Crippen LogP) is 1.24. The van der Waals surface area contributed by atoms with E-state index in [1.165, 1.54) is 33.3 Å². The number of carbonyl (C=O) groups excluding carboxylic acids is 1. The summed E-state index contributed by atoms with van der Waals surface area (Å²) < 4.78 is 31.1. The second kappa shape index (κ2) is 8.84. The normalized spacial score (nSPS) is 20.7. The van der Waals surface area contributed by atoms with Gasteiger partial charge in [-0.05, 0) is 44.5 Å². The van der Waals surface area contributed by atoms with Crippen molar-refractivity contribution in [2.75, 3.05) is 27.7 Å². The van der Waals surface area contributed by atoms with E-state index in [9.17, 15) is 13.2 Å². The van der Waals surface area contributed by atoms with Gasteiger partial charge in [0.25, 0.3) is 5.91 Å². The number of nitrogens with one attached hydrogen (secondary N) is 2. The largest absolute Gasteiger partial charge is 0.495 e. The van der Waals surface area contributed by atoms with Crippen LogP contribution in [0.25, 0.3) is 0 Å². The Balaban J connectivity index is 0.00000312. The number of amides is 1. The molecule has 2 atom stereocenters. The zero-order valence-electron chi connectivity index (χ0n) is 14.9. The fourth-order valence-electron chi connectivity index (χ4n) is 2.75. The molecule has 1 saturated heterocycles. The highest BCUT2D eigenvalue weighted by atomic mass is 35.5. The van der Waals surface area contributed by atoms with E-state index >= 15 is 0 Å². The Kier molecular flexibility index (Phi) is 7.67. The third-order valence-electron chi connectivity index (χ3n) is 4.14. The number of methoxy groups -OCH3 is 1. The van der Waals surface area contributed by atoms with Crippen molar-refractivity contribution in [3.05, 3.63) is 23.8 Å². The van der Waals surface area contributed by atoms with Crippen molar-refractivity contribution in [2.45, 2.75) is 36.7 Å². The first-order valence-corrected chi connectivity index (χ1v) is 9.34. The highest BCUT2D eigenvalue weighted by Gasteiger charge is 2.25. The van der Waals surface area contributed by atoms with Crippen LogP contribution in [0.4, 0.5) is 0 Å². The standard InChI is InChI=1S/C16H25N3O4S.ClH/c1-11-9-13(7-8-17-11)18-16(20)12-5-6-14(23-4)15(10-12)24(21,22)19(2)3;/h5-6,10-11,13,17H,7-9H2,1-4H3,(H,18,20);1H. The van der Waals surface area contributed by atoms with Gasteiger partial charge >= 0.3 is 0 Å². The molecule has 0 bridgehead atoms. The van der Waals surface area contributed by atoms with Gasteiger partial charge in [-0.3, -0.25) is 4.79 Å². The summed E-state index contributed by atoms with van der Waals surface area (Å²) in [5, 5.41) is 6.31. The van der Waals surface area contributed by atoms with Crippen LogP contribution in [0.5, 0.6) is 5.75 Å². The quantitative estimate of drug-likeness (QED) is 0.788. The smallest absolute Gasteiger partial charge is 0.251 e. The Morgan fingerprint density at radius 3 is 2.60 bits per heavy atom. The number of piperidine rings is 1. The van der Waals surface area contributed by atoms with Gasteiger partial charge in [0.1, 0.15) is 10.6 Å². The van der Waals surface area contributed by atoms with Gasteiger partial charge in [-0.1, -0.05) is 0 Å². The molecule has 1 amide bonds. The minimum atomic E-state index is -3.70. The van der Waals surface area contributed by atoms with E-state index in [0.717, 1.165) is 23.7 Å². The average molecular weight is 392 g/mol. The lowest BCUT2D eigenvalue weighted by Gasteiger charge is -2.28. The van der Waals surface area contributed by atoms with Gasteiger partial charge < -0.3 is 15.4 Å². The second-order valence-corrected chi connectivity index (χ2v) is 8.32. The summed E-state index contributed by atoms with van der Waals surface area (Å²) in [4.78, 5) is 12.5. The minimum absolute atomic E-state index is 0. The zero-order chi connectivity index (χ0) is 17.9. The Morgan fingerprint density at radius 2 is 2.04 bits per heavy atom. The van der Waals surface area contributed by atoms with Crippen LogP contribution in [-0.2, 0) is 10.0 Å². The molecule has 1 fully saturated rings. The molecule has 1 aromatic rings. The monoisotopic (exact) mass is 391 g/mol. The van der Waals surface area contributed by atoms with E-state index in [1.54, 1.807) is 6.07 Å². The van der Waals surface area contributed by atoms with Crippen LogP contribution in [0, 0.1) is 0 Å². The molecule has 2 rings (SSSR count). The number of benzene rings is 1. The average Bonchev–Trinajstić information content (AvgIpc) is 2.54. The summed E-state index contributed by atoms with van der Waals surface area (Å²) in [5.74, 6) is -0.0531. The zero-order valence-corrected chi connectivity index (χ0v) is 16.5. The van der Waals surface area contributed by atoms with Crippen LogP contribution in [-0.4, -0.2) is 58.5 Å². The first-order valence-electron chi connectivity index (χ1n) is 7.90. The van der Waals surface area contributed by atoms with E-state index in [2.05, 4.69) is 17.6 Å². The number of ether oxygens (including phenoxy) is 1. The van der Waals surface area contributed by atoms with Gasteiger partial charge in [0.2, 0.25) is 10.0 Å². The molecule has 9 heteroatoms. The van der Waals surface area contributed by atoms with Crippen molar-refractivity contribution in [1.82, 2.24) is 14.9 Å². The Labute approximate surface area is 155 Å². The van der Waals surface area contributed by atoms with E-state index in [1.807, 2.05) is 0 Å². The van der Waals surface area contributed by atoms with Crippen molar-refractivity contribution in [3.63, 3.8) is 0 Å². The molecule has 1 heterocycles. The highest BCUT2D eigenvalue weighted by Crippen LogP contribution is 2.27. The lowest BCUT2D eigenvalue weighted by Crippen LogP contribution is -2.46. The van der Waals surface area contributed by atoms with Gasteiger partial charge in [0.05, 0.1) is 7.11 Å². The number of rotatable bonds is 5. The van der Waals surface area contributed by atoms with Gasteiger partial charge in [-0.25, -0.2) is 12.7 Å². The molecule has 0 aliphatic carbocycles. The molecular weight excluding hydrogens is 366 g/mol. The van der Waals surface area contributed by atoms with Crippen molar-refractivity contribution < 1.29 is 17.9 Å². The number of nitrogens with zero attached hydrogens (tertiary/aromatic N) is 1. The molecule has 0 radical (unpaired) electrons. The van der Waals surface area contributed by atoms with Crippen LogP contribution in [0.15, 0.2) is 23.1 Å². The molecule has 1 aliphatic rings. The molecule has 7 nitrogen and oxygen atoms in total. The van der Waals surface area contributed by atoms with Crippen molar-refractivity contribution in [1.29, 1.82) is 0 Å². The maximum absolute atomic E-state index is 12.5. The summed E-state index contributed by atoms with van der Waals surface area (Å²) in [7, 11) is 0.589. The molecular formula is C16H26ClN3O4S. The van der Waals surface area contributed by atoms with E-state index in [-0.39, 0.29) is 35.0 Å². The fraction of sp³-hybridized carbons (Fsp3) is 0.562. The molecule has 1 aromatic carbocycles. The first kappa shape index (κ1) is 21.7. The molecule has 1 aliphatic heterocycles. The van der Waals surface area contributed by atoms with E-state index in [4.69, 9.17) is 4.74 Å². The second-order valence-electron chi connectivity index (χ2n) is 6.20. The van der Waals surface area contributed by atoms with Gasteiger partial charge in [0.15, 0.2) is 0 Å². The molecule has 142 valence electrons. The van der Waals surface area contributed by atoms with Gasteiger partial charge in [-0.2, -0.15) is 0 Å². The summed E-state index contributed by atoms with van der Waals surface area (Å²) in [5.41, 5.74) is 0.308. The van der Waals surface area contributed by atoms with Crippen LogP contribution in [0.1, 0.15) is 30.1 Å². The Morgan fingerprint density at radius 1 is 1.36 bits per heavy atom. The Bertz CT molecular complexity index is 709. The summed E-state index contributed by atoms with van der Waals surface area (Å²) in [6.45, 7) is 2.93. The van der Waals surface area contributed by atoms with Gasteiger partial charge in [0, 0.05) is 31.7 Å². The first-order chi connectivity index (χ1) is 11.3. The predicted molar refractivity (Wildman–Crippen MR) is 99.1 cm³/mol. The minimum Gasteiger partial charge on any atom is -0.495 e. The molecule has 2 N–H and O–H groups in total. The van der Waals surface area contributed by atoms with E-state index < -0.39 is 10.0 Å². The number of hydrogen-bond acceptors (Lipinski definition) is 5. The summed E-state index contributed by atoms with van der Waals surface area (Å²) in [6, 6.07) is 4.90. The SMILES string of the molecule is COc1ccc(C(=O)NC2CCNC(C)C2)cc1S(=O)(=O)N(C)C.Cl. The van der Waals surface area contributed by atoms with Crippen LogP contribution < -0.4 is 15.4 Å². The summed E-state index contributed by atoms with van der Waals surface area (Å²) >= 11 is 0.